The van der Waals surface area contributed by atoms with Crippen LogP contribution < -0.4 is 0 Å². The molecule has 3 atom stereocenters. The minimum Gasteiger partial charge on any atom is -0.508 e. The second-order valence-corrected chi connectivity index (χ2v) is 7.23. The Morgan fingerprint density at radius 2 is 1.96 bits per heavy atom. The van der Waals surface area contributed by atoms with Gasteiger partial charge in [-0.15, -0.1) is 0 Å². The first-order valence-electron chi connectivity index (χ1n) is 10.0. The van der Waals surface area contributed by atoms with Gasteiger partial charge >= 0.3 is 0 Å². The molecule has 0 bridgehead atoms. The Balaban J connectivity index is 0.000000552. The lowest BCUT2D eigenvalue weighted by Crippen LogP contribution is -2.35. The van der Waals surface area contributed by atoms with Gasteiger partial charge in [0, 0.05) is 18.8 Å². The van der Waals surface area contributed by atoms with Crippen LogP contribution in [0, 0.1) is 5.92 Å². The number of unbranched alkanes of at least 4 members (excludes halogenated alkanes) is 1. The molecule has 3 rings (SSSR count). The molecule has 1 aliphatic carbocycles. The van der Waals surface area contributed by atoms with E-state index >= 15 is 0 Å². The normalized spacial score (nSPS) is 20.0. The molecule has 1 aliphatic rings. The fourth-order valence-corrected chi connectivity index (χ4v) is 3.24. The third-order valence-corrected chi connectivity index (χ3v) is 5.10. The highest BCUT2D eigenvalue weighted by atomic mass is 16.5. The van der Waals surface area contributed by atoms with Gasteiger partial charge in [0.15, 0.2) is 0 Å². The van der Waals surface area contributed by atoms with Crippen molar-refractivity contribution >= 4 is 0 Å². The number of fused-ring (bicyclic) bond motifs is 1. The average Bonchev–Trinajstić information content (AvgIpc) is 3.15. The van der Waals surface area contributed by atoms with Crippen LogP contribution in [-0.4, -0.2) is 27.1 Å². The number of aromatic hydroxyl groups is 1. The van der Waals surface area contributed by atoms with E-state index < -0.39 is 0 Å². The van der Waals surface area contributed by atoms with Crippen molar-refractivity contribution in [2.24, 2.45) is 5.92 Å². The maximum atomic E-state index is 10.1. The van der Waals surface area contributed by atoms with E-state index in [0.717, 1.165) is 31.4 Å². The summed E-state index contributed by atoms with van der Waals surface area (Å²) in [6.45, 7) is 9.52. The molecule has 144 valence electrons. The average molecular weight is 359 g/mol. The molecule has 0 aliphatic heterocycles. The second kappa shape index (κ2) is 10.4. The maximum absolute atomic E-state index is 10.1. The van der Waals surface area contributed by atoms with Crippen LogP contribution in [0.3, 0.4) is 0 Å². The van der Waals surface area contributed by atoms with Crippen LogP contribution in [0.2, 0.25) is 0 Å². The van der Waals surface area contributed by atoms with Gasteiger partial charge in [-0.25, -0.2) is 0 Å². The Labute approximate surface area is 158 Å². The second-order valence-electron chi connectivity index (χ2n) is 7.23. The monoisotopic (exact) mass is 358 g/mol. The molecule has 1 unspecified atom stereocenters. The quantitative estimate of drug-likeness (QED) is 0.791. The Bertz CT molecular complexity index is 638. The molecule has 1 aromatic carbocycles. The lowest BCUT2D eigenvalue weighted by Gasteiger charge is -2.33. The number of nitrogens with zero attached hydrogens (tertiary/aromatic N) is 2. The van der Waals surface area contributed by atoms with Crippen molar-refractivity contribution in [1.82, 2.24) is 9.78 Å². The van der Waals surface area contributed by atoms with Gasteiger partial charge in [-0.2, -0.15) is 5.10 Å². The van der Waals surface area contributed by atoms with Gasteiger partial charge in [0.05, 0.1) is 18.8 Å². The number of aromatic nitrogens is 2. The van der Waals surface area contributed by atoms with E-state index in [2.05, 4.69) is 38.9 Å². The van der Waals surface area contributed by atoms with Crippen molar-refractivity contribution in [2.75, 3.05) is 0 Å². The van der Waals surface area contributed by atoms with Crippen molar-refractivity contribution in [3.05, 3.63) is 47.8 Å². The maximum Gasteiger partial charge on any atom is 0.119 e. The minimum atomic E-state index is 0.153. The van der Waals surface area contributed by atoms with Crippen LogP contribution in [0.4, 0.5) is 0 Å². The van der Waals surface area contributed by atoms with Gasteiger partial charge in [0.1, 0.15) is 5.75 Å². The van der Waals surface area contributed by atoms with E-state index in [1.807, 2.05) is 23.0 Å². The Morgan fingerprint density at radius 3 is 2.58 bits per heavy atom. The summed E-state index contributed by atoms with van der Waals surface area (Å²) in [5.74, 6) is 0.860. The predicted molar refractivity (Wildman–Crippen MR) is 106 cm³/mol. The molecular formula is C22H34N2O2. The van der Waals surface area contributed by atoms with E-state index in [0.29, 0.717) is 11.7 Å². The lowest BCUT2D eigenvalue weighted by molar-refractivity contribution is -0.0520. The Morgan fingerprint density at radius 1 is 1.19 bits per heavy atom. The first-order chi connectivity index (χ1) is 12.6. The number of hydrogen-bond acceptors (Lipinski definition) is 3. The number of rotatable bonds is 6. The molecule has 0 saturated heterocycles. The number of ether oxygens (including phenoxy) is 1. The van der Waals surface area contributed by atoms with E-state index in [-0.39, 0.29) is 12.2 Å². The van der Waals surface area contributed by atoms with Crippen molar-refractivity contribution in [1.29, 1.82) is 0 Å². The first kappa shape index (κ1) is 20.5. The fourth-order valence-electron chi connectivity index (χ4n) is 3.24. The van der Waals surface area contributed by atoms with Gasteiger partial charge < -0.3 is 9.84 Å². The summed E-state index contributed by atoms with van der Waals surface area (Å²) >= 11 is 0. The summed E-state index contributed by atoms with van der Waals surface area (Å²) in [6, 6.07) is 7.74. The first-order valence-corrected chi connectivity index (χ1v) is 10.0. The molecule has 0 saturated carbocycles. The van der Waals surface area contributed by atoms with Crippen molar-refractivity contribution < 1.29 is 9.84 Å². The summed E-state index contributed by atoms with van der Waals surface area (Å²) in [7, 11) is 0. The van der Waals surface area contributed by atoms with Crippen molar-refractivity contribution in [3.8, 4) is 5.75 Å². The number of phenolic OH excluding ortho intramolecular Hbond substituents is 1. The van der Waals surface area contributed by atoms with Crippen molar-refractivity contribution in [2.45, 2.75) is 78.6 Å². The highest BCUT2D eigenvalue weighted by Gasteiger charge is 2.29. The molecule has 4 heteroatoms. The zero-order chi connectivity index (χ0) is 18.9. The standard InChI is InChI=1S/C18H24N2O2.C4H10/c1-3-15(12-20-9-5-8-19-20)22-18-11-16-14(10-13(18)2)6-4-7-17(16)21;1-3-4-2/h4-9,13,15,18,21H,3,10-12H2,1-2H3;3-4H2,1-2H3/t13?,15-,18-;/m1./s1. The van der Waals surface area contributed by atoms with Crippen LogP contribution in [0.15, 0.2) is 36.7 Å². The molecule has 1 heterocycles. The summed E-state index contributed by atoms with van der Waals surface area (Å²) in [4.78, 5) is 0. The molecular weight excluding hydrogens is 324 g/mol. The topological polar surface area (TPSA) is 47.3 Å². The molecule has 0 amide bonds. The number of phenols is 1. The summed E-state index contributed by atoms with van der Waals surface area (Å²) in [6.07, 6.45) is 9.42. The molecule has 0 spiro atoms. The summed E-state index contributed by atoms with van der Waals surface area (Å²) < 4.78 is 8.29. The van der Waals surface area contributed by atoms with Gasteiger partial charge in [-0.1, -0.05) is 52.7 Å². The van der Waals surface area contributed by atoms with Crippen LogP contribution in [0.1, 0.15) is 58.1 Å². The van der Waals surface area contributed by atoms with E-state index in [1.54, 1.807) is 12.3 Å². The van der Waals surface area contributed by atoms with Gasteiger partial charge in [0.25, 0.3) is 0 Å². The molecule has 0 fully saturated rings. The molecule has 1 aromatic heterocycles. The smallest absolute Gasteiger partial charge is 0.119 e. The molecule has 4 nitrogen and oxygen atoms in total. The van der Waals surface area contributed by atoms with E-state index in [9.17, 15) is 5.11 Å². The zero-order valence-corrected chi connectivity index (χ0v) is 16.7. The Kier molecular flexibility index (Phi) is 8.17. The highest BCUT2D eigenvalue weighted by molar-refractivity contribution is 5.41. The molecule has 26 heavy (non-hydrogen) atoms. The zero-order valence-electron chi connectivity index (χ0n) is 16.7. The van der Waals surface area contributed by atoms with Crippen LogP contribution in [0.25, 0.3) is 0 Å². The molecule has 1 N–H and O–H groups in total. The summed E-state index contributed by atoms with van der Waals surface area (Å²) in [5, 5.41) is 14.4. The SMILES string of the molecule is CCCC.CC[C@H](Cn1cccn1)O[C@@H]1Cc2c(O)cccc2CC1C. The number of hydrogen-bond donors (Lipinski definition) is 1. The Hall–Kier alpha value is -1.81. The van der Waals surface area contributed by atoms with Crippen LogP contribution in [0.5, 0.6) is 5.75 Å². The third-order valence-electron chi connectivity index (χ3n) is 5.10. The van der Waals surface area contributed by atoms with Crippen LogP contribution >= 0.6 is 0 Å². The lowest BCUT2D eigenvalue weighted by atomic mass is 9.82. The third kappa shape index (κ3) is 5.60. The highest BCUT2D eigenvalue weighted by Crippen LogP contribution is 2.33. The van der Waals surface area contributed by atoms with Crippen molar-refractivity contribution in [3.63, 3.8) is 0 Å². The summed E-state index contributed by atoms with van der Waals surface area (Å²) in [5.41, 5.74) is 2.31. The number of benzene rings is 1. The minimum absolute atomic E-state index is 0.153. The molecule has 0 radical (unpaired) electrons. The van der Waals surface area contributed by atoms with E-state index in [4.69, 9.17) is 4.74 Å². The van der Waals surface area contributed by atoms with Gasteiger partial charge in [-0.05, 0) is 42.0 Å². The molecule has 2 aromatic rings. The fraction of sp³-hybridized carbons (Fsp3) is 0.591. The van der Waals surface area contributed by atoms with Gasteiger partial charge in [-0.3, -0.25) is 4.68 Å². The van der Waals surface area contributed by atoms with Crippen LogP contribution in [-0.2, 0) is 24.1 Å². The van der Waals surface area contributed by atoms with Gasteiger partial charge in [0.2, 0.25) is 0 Å². The largest absolute Gasteiger partial charge is 0.508 e. The predicted octanol–water partition coefficient (Wildman–Crippen LogP) is 4.99. The van der Waals surface area contributed by atoms with E-state index in [1.165, 1.54) is 18.4 Å².